The number of benzene rings is 2. The van der Waals surface area contributed by atoms with Gasteiger partial charge in [-0.2, -0.15) is 0 Å². The highest BCUT2D eigenvalue weighted by Gasteiger charge is 2.24. The topological polar surface area (TPSA) is 66.0 Å². The maximum Gasteiger partial charge on any atom is 0.168 e. The van der Waals surface area contributed by atoms with Crippen LogP contribution in [0.15, 0.2) is 71.6 Å². The molecule has 40 heavy (non-hydrogen) atoms. The Morgan fingerprint density at radius 1 is 1.23 bits per heavy atom. The van der Waals surface area contributed by atoms with Crippen molar-refractivity contribution >= 4 is 29.2 Å². The van der Waals surface area contributed by atoms with Crippen LogP contribution in [0.1, 0.15) is 62.3 Å². The van der Waals surface area contributed by atoms with Gasteiger partial charge in [0.05, 0.1) is 19.4 Å². The summed E-state index contributed by atoms with van der Waals surface area (Å²) in [4.78, 5) is 17.5. The number of aldehydes is 1. The van der Waals surface area contributed by atoms with E-state index < -0.39 is 0 Å². The summed E-state index contributed by atoms with van der Waals surface area (Å²) < 4.78 is 20.3. The molecule has 6 nitrogen and oxygen atoms in total. The highest BCUT2D eigenvalue weighted by molar-refractivity contribution is 6.09. The second-order valence-electron chi connectivity index (χ2n) is 10.2. The molecule has 1 aliphatic carbocycles. The van der Waals surface area contributed by atoms with Crippen molar-refractivity contribution < 1.29 is 13.9 Å². The van der Waals surface area contributed by atoms with E-state index in [1.807, 2.05) is 23.2 Å². The van der Waals surface area contributed by atoms with E-state index in [9.17, 15) is 4.79 Å². The fourth-order valence-corrected chi connectivity index (χ4v) is 4.78. The van der Waals surface area contributed by atoms with Crippen LogP contribution >= 0.6 is 0 Å². The summed E-state index contributed by atoms with van der Waals surface area (Å²) in [5.74, 6) is 0.722. The highest BCUT2D eigenvalue weighted by Crippen LogP contribution is 2.37. The van der Waals surface area contributed by atoms with Gasteiger partial charge in [0.2, 0.25) is 0 Å². The summed E-state index contributed by atoms with van der Waals surface area (Å²) in [6.45, 7) is 12.8. The van der Waals surface area contributed by atoms with Crippen molar-refractivity contribution in [2.75, 3.05) is 19.0 Å². The van der Waals surface area contributed by atoms with Crippen LogP contribution in [0, 0.1) is 18.7 Å². The number of aryl methyl sites for hydroxylation is 1. The molecule has 2 aromatic carbocycles. The number of hydrogen-bond donors (Lipinski definition) is 2. The molecule has 4 rings (SSSR count). The van der Waals surface area contributed by atoms with Crippen LogP contribution in [-0.4, -0.2) is 30.7 Å². The average molecular weight is 543 g/mol. The molecule has 0 bridgehead atoms. The van der Waals surface area contributed by atoms with Crippen LogP contribution in [0.4, 0.5) is 10.1 Å². The molecule has 2 aliphatic rings. The molecule has 0 saturated heterocycles. The van der Waals surface area contributed by atoms with E-state index in [2.05, 4.69) is 61.2 Å². The molecule has 2 aromatic rings. The number of carbonyl (C=O) groups excluding carboxylic acids is 1. The van der Waals surface area contributed by atoms with Crippen molar-refractivity contribution in [1.29, 1.82) is 0 Å². The third kappa shape index (κ3) is 6.19. The minimum Gasteiger partial charge on any atom is -0.494 e. The number of allylic oxidation sites excluding steroid dienone is 2. The summed E-state index contributed by atoms with van der Waals surface area (Å²) in [6.07, 6.45) is 10.5. The number of aliphatic imine (C=N–C) groups is 1. The van der Waals surface area contributed by atoms with E-state index in [0.29, 0.717) is 23.6 Å². The first-order valence-electron chi connectivity index (χ1n) is 13.9. The fraction of sp³-hybridized carbons (Fsp3) is 0.333. The third-order valence-corrected chi connectivity index (χ3v) is 7.41. The van der Waals surface area contributed by atoms with Crippen molar-refractivity contribution in [1.82, 2.24) is 10.2 Å². The average Bonchev–Trinajstić information content (AvgIpc) is 3.81. The molecule has 1 saturated carbocycles. The Kier molecular flexibility index (Phi) is 9.25. The Balaban J connectivity index is 1.64. The highest BCUT2D eigenvalue weighted by atomic mass is 19.1. The van der Waals surface area contributed by atoms with E-state index in [1.54, 1.807) is 19.2 Å². The molecule has 0 radical (unpaired) electrons. The molecule has 0 amide bonds. The van der Waals surface area contributed by atoms with Gasteiger partial charge in [0.1, 0.15) is 6.29 Å². The Labute approximate surface area is 237 Å². The van der Waals surface area contributed by atoms with E-state index in [-0.39, 0.29) is 17.5 Å². The zero-order chi connectivity index (χ0) is 28.8. The number of rotatable bonds is 11. The molecule has 2 N–H and O–H groups in total. The van der Waals surface area contributed by atoms with Gasteiger partial charge in [0.15, 0.2) is 17.4 Å². The van der Waals surface area contributed by atoms with Crippen LogP contribution in [0.5, 0.6) is 5.75 Å². The number of nitrogens with zero attached hydrogens (tertiary/aromatic N) is 2. The lowest BCUT2D eigenvalue weighted by molar-refractivity contribution is -0.107. The van der Waals surface area contributed by atoms with Crippen LogP contribution in [0.3, 0.4) is 0 Å². The summed E-state index contributed by atoms with van der Waals surface area (Å²) in [5.41, 5.74) is 8.41. The maximum atomic E-state index is 15.1. The van der Waals surface area contributed by atoms with Crippen LogP contribution < -0.4 is 15.4 Å². The summed E-state index contributed by atoms with van der Waals surface area (Å²) in [7, 11) is 1.47. The molecular weight excluding hydrogens is 503 g/mol. The van der Waals surface area contributed by atoms with Gasteiger partial charge >= 0.3 is 0 Å². The van der Waals surface area contributed by atoms with Gasteiger partial charge < -0.3 is 25.1 Å². The van der Waals surface area contributed by atoms with Gasteiger partial charge in [-0.3, -0.25) is 0 Å². The van der Waals surface area contributed by atoms with Gasteiger partial charge in [-0.05, 0) is 73.1 Å². The summed E-state index contributed by atoms with van der Waals surface area (Å²) in [5, 5.41) is 6.75. The molecule has 1 unspecified atom stereocenters. The molecule has 1 atom stereocenters. The normalized spacial score (nSPS) is 15.5. The van der Waals surface area contributed by atoms with E-state index in [0.717, 1.165) is 60.2 Å². The Morgan fingerprint density at radius 3 is 2.62 bits per heavy atom. The SMILES string of the molecule is C=C1C(Nc2ccc(C(NCC=O)=C3CC3)c(CC)c2)=NC=CN1/C(=C\C(C)CC)c1ccc(OC)c(F)c1C. The van der Waals surface area contributed by atoms with Gasteiger partial charge in [-0.1, -0.05) is 45.9 Å². The van der Waals surface area contributed by atoms with Crippen molar-refractivity contribution in [3.8, 4) is 5.75 Å². The fourth-order valence-electron chi connectivity index (χ4n) is 4.78. The van der Waals surface area contributed by atoms with Gasteiger partial charge in [-0.15, -0.1) is 0 Å². The molecule has 210 valence electrons. The number of carbonyl (C=O) groups is 1. The predicted octanol–water partition coefficient (Wildman–Crippen LogP) is 7.20. The van der Waals surface area contributed by atoms with E-state index in [4.69, 9.17) is 4.74 Å². The van der Waals surface area contributed by atoms with Crippen LogP contribution in [0.25, 0.3) is 11.4 Å². The zero-order valence-corrected chi connectivity index (χ0v) is 24.1. The summed E-state index contributed by atoms with van der Waals surface area (Å²) >= 11 is 0. The molecule has 0 spiro atoms. The summed E-state index contributed by atoms with van der Waals surface area (Å²) in [6, 6.07) is 9.80. The molecular formula is C33H39FN4O2. The number of amidine groups is 1. The largest absolute Gasteiger partial charge is 0.494 e. The standard InChI is InChI=1S/C33H39FN4O2/c1-7-21(3)19-29(27-13-14-30(40-6)31(34)22(27)4)38-17-15-36-33(23(38)5)37-26-11-12-28(24(8-2)20-26)32(25-9-10-25)35-16-18-39/h11-15,17-21,35H,5,7-10,16H2,1-4,6H3,(H,36,37)/b29-19-. The molecule has 1 heterocycles. The number of ether oxygens (including phenoxy) is 1. The van der Waals surface area contributed by atoms with E-state index in [1.165, 1.54) is 18.2 Å². The Hall–Kier alpha value is -4.13. The first-order valence-corrected chi connectivity index (χ1v) is 13.9. The van der Waals surface area contributed by atoms with Gasteiger partial charge in [0.25, 0.3) is 0 Å². The molecule has 1 fully saturated rings. The lowest BCUT2D eigenvalue weighted by Crippen LogP contribution is -2.28. The monoisotopic (exact) mass is 542 g/mol. The second kappa shape index (κ2) is 12.8. The molecule has 1 aliphatic heterocycles. The third-order valence-electron chi connectivity index (χ3n) is 7.41. The quantitative estimate of drug-likeness (QED) is 0.294. The Bertz CT molecular complexity index is 1410. The molecule has 0 aromatic heterocycles. The Morgan fingerprint density at radius 2 is 1.98 bits per heavy atom. The smallest absolute Gasteiger partial charge is 0.168 e. The lowest BCUT2D eigenvalue weighted by atomic mass is 9.98. The van der Waals surface area contributed by atoms with Crippen LogP contribution in [0.2, 0.25) is 0 Å². The van der Waals surface area contributed by atoms with Crippen LogP contribution in [-0.2, 0) is 11.2 Å². The minimum atomic E-state index is -0.371. The van der Waals surface area contributed by atoms with Crippen molar-refractivity contribution in [3.63, 3.8) is 0 Å². The number of hydrogen-bond acceptors (Lipinski definition) is 6. The first kappa shape index (κ1) is 28.9. The van der Waals surface area contributed by atoms with Crippen molar-refractivity contribution in [2.24, 2.45) is 10.9 Å². The van der Waals surface area contributed by atoms with Crippen molar-refractivity contribution in [3.05, 3.63) is 94.7 Å². The maximum absolute atomic E-state index is 15.1. The number of methoxy groups -OCH3 is 1. The lowest BCUT2D eigenvalue weighted by Gasteiger charge is -2.31. The second-order valence-corrected chi connectivity index (χ2v) is 10.2. The van der Waals surface area contributed by atoms with E-state index >= 15 is 4.39 Å². The number of halogens is 1. The van der Waals surface area contributed by atoms with Gasteiger partial charge in [-0.25, -0.2) is 9.38 Å². The molecule has 7 heteroatoms. The predicted molar refractivity (Wildman–Crippen MR) is 162 cm³/mol. The number of nitrogens with one attached hydrogen (secondary N) is 2. The minimum absolute atomic E-state index is 0.220. The zero-order valence-electron chi connectivity index (χ0n) is 24.1. The van der Waals surface area contributed by atoms with Gasteiger partial charge in [0, 0.05) is 40.6 Å². The first-order chi connectivity index (χ1) is 19.3. The van der Waals surface area contributed by atoms with Crippen molar-refractivity contribution in [2.45, 2.75) is 53.4 Å². The number of anilines is 1.